The van der Waals surface area contributed by atoms with Gasteiger partial charge in [-0.2, -0.15) is 0 Å². The summed E-state index contributed by atoms with van der Waals surface area (Å²) >= 11 is 0. The van der Waals surface area contributed by atoms with Crippen LogP contribution in [0.3, 0.4) is 0 Å². The molecule has 0 saturated carbocycles. The van der Waals surface area contributed by atoms with Gasteiger partial charge in [0.2, 0.25) is 5.95 Å². The van der Waals surface area contributed by atoms with Crippen LogP contribution in [0, 0.1) is 0 Å². The van der Waals surface area contributed by atoms with Gasteiger partial charge >= 0.3 is 0 Å². The van der Waals surface area contributed by atoms with Gasteiger partial charge in [0, 0.05) is 51.7 Å². The fourth-order valence-electron chi connectivity index (χ4n) is 2.68. The molecule has 0 atom stereocenters. The average Bonchev–Trinajstić information content (AvgIpc) is 3.12. The molecule has 8 heteroatoms. The highest BCUT2D eigenvalue weighted by Gasteiger charge is 2.21. The topological polar surface area (TPSA) is 82.7 Å². The maximum Gasteiger partial charge on any atom is 0.225 e. The van der Waals surface area contributed by atoms with Crippen molar-refractivity contribution in [1.82, 2.24) is 25.3 Å². The smallest absolute Gasteiger partial charge is 0.225 e. The SMILES string of the molecule is CCc1cc(CNC(=NC)N2CCN(c3ncccn3)CC2)on1. The Balaban J connectivity index is 1.52. The van der Waals surface area contributed by atoms with E-state index in [0.717, 1.165) is 56.0 Å². The van der Waals surface area contributed by atoms with Crippen molar-refractivity contribution in [3.8, 4) is 0 Å². The molecule has 0 amide bonds. The van der Waals surface area contributed by atoms with Crippen LogP contribution in [-0.2, 0) is 13.0 Å². The molecule has 24 heavy (non-hydrogen) atoms. The highest BCUT2D eigenvalue weighted by Crippen LogP contribution is 2.10. The van der Waals surface area contributed by atoms with E-state index in [0.29, 0.717) is 6.54 Å². The zero-order valence-electron chi connectivity index (χ0n) is 14.1. The first-order chi connectivity index (χ1) is 11.8. The van der Waals surface area contributed by atoms with Crippen LogP contribution in [0.15, 0.2) is 34.0 Å². The third-order valence-electron chi connectivity index (χ3n) is 4.02. The zero-order chi connectivity index (χ0) is 16.8. The summed E-state index contributed by atoms with van der Waals surface area (Å²) in [7, 11) is 1.80. The fraction of sp³-hybridized carbons (Fsp3) is 0.500. The highest BCUT2D eigenvalue weighted by molar-refractivity contribution is 5.80. The van der Waals surface area contributed by atoms with E-state index < -0.39 is 0 Å². The van der Waals surface area contributed by atoms with Gasteiger partial charge in [0.15, 0.2) is 11.7 Å². The lowest BCUT2D eigenvalue weighted by Gasteiger charge is -2.36. The second-order valence-electron chi connectivity index (χ2n) is 5.56. The Morgan fingerprint density at radius 3 is 2.62 bits per heavy atom. The van der Waals surface area contributed by atoms with E-state index in [1.54, 1.807) is 19.4 Å². The summed E-state index contributed by atoms with van der Waals surface area (Å²) in [5.74, 6) is 2.48. The van der Waals surface area contributed by atoms with Gasteiger partial charge in [-0.25, -0.2) is 9.97 Å². The molecule has 1 aliphatic heterocycles. The maximum absolute atomic E-state index is 5.30. The first-order valence-corrected chi connectivity index (χ1v) is 8.22. The number of aliphatic imine (C=N–C) groups is 1. The summed E-state index contributed by atoms with van der Waals surface area (Å²) in [5, 5.41) is 7.35. The summed E-state index contributed by atoms with van der Waals surface area (Å²) in [4.78, 5) is 17.4. The minimum Gasteiger partial charge on any atom is -0.359 e. The van der Waals surface area contributed by atoms with E-state index in [9.17, 15) is 0 Å². The minimum atomic E-state index is 0.585. The second kappa shape index (κ2) is 7.76. The molecule has 0 radical (unpaired) electrons. The van der Waals surface area contributed by atoms with Crippen molar-refractivity contribution in [3.63, 3.8) is 0 Å². The Labute approximate surface area is 141 Å². The van der Waals surface area contributed by atoms with E-state index in [-0.39, 0.29) is 0 Å². The Kier molecular flexibility index (Phi) is 5.25. The van der Waals surface area contributed by atoms with Gasteiger partial charge < -0.3 is 19.6 Å². The first-order valence-electron chi connectivity index (χ1n) is 8.22. The average molecular weight is 329 g/mol. The van der Waals surface area contributed by atoms with Gasteiger partial charge in [-0.15, -0.1) is 0 Å². The summed E-state index contributed by atoms with van der Waals surface area (Å²) in [6.07, 6.45) is 4.43. The van der Waals surface area contributed by atoms with Crippen LogP contribution < -0.4 is 10.2 Å². The second-order valence-corrected chi connectivity index (χ2v) is 5.56. The molecule has 1 saturated heterocycles. The molecule has 0 aliphatic carbocycles. The van der Waals surface area contributed by atoms with Crippen molar-refractivity contribution in [1.29, 1.82) is 0 Å². The number of guanidine groups is 1. The Morgan fingerprint density at radius 1 is 1.25 bits per heavy atom. The van der Waals surface area contributed by atoms with Crippen molar-refractivity contribution in [3.05, 3.63) is 36.0 Å². The van der Waals surface area contributed by atoms with Crippen LogP contribution in [0.5, 0.6) is 0 Å². The van der Waals surface area contributed by atoms with Crippen LogP contribution in [0.25, 0.3) is 0 Å². The quantitative estimate of drug-likeness (QED) is 0.660. The normalized spacial score (nSPS) is 15.7. The molecule has 0 bridgehead atoms. The lowest BCUT2D eigenvalue weighted by molar-refractivity contribution is 0.355. The number of aromatic nitrogens is 3. The molecule has 0 spiro atoms. The number of nitrogens with zero attached hydrogens (tertiary/aromatic N) is 6. The molecule has 3 rings (SSSR count). The predicted octanol–water partition coefficient (Wildman–Crippen LogP) is 0.925. The first kappa shape index (κ1) is 16.2. The molecular formula is C16H23N7O. The van der Waals surface area contributed by atoms with Crippen molar-refractivity contribution in [2.75, 3.05) is 38.1 Å². The van der Waals surface area contributed by atoms with Gasteiger partial charge in [-0.05, 0) is 12.5 Å². The number of hydrogen-bond acceptors (Lipinski definition) is 6. The number of aryl methyl sites for hydroxylation is 1. The molecule has 3 heterocycles. The van der Waals surface area contributed by atoms with Gasteiger partial charge in [0.05, 0.1) is 12.2 Å². The van der Waals surface area contributed by atoms with E-state index in [2.05, 4.69) is 42.2 Å². The number of anilines is 1. The van der Waals surface area contributed by atoms with E-state index in [1.807, 2.05) is 12.1 Å². The molecule has 1 N–H and O–H groups in total. The van der Waals surface area contributed by atoms with Crippen molar-refractivity contribution >= 4 is 11.9 Å². The summed E-state index contributed by atoms with van der Waals surface area (Å²) in [5.41, 5.74) is 0.971. The lowest BCUT2D eigenvalue weighted by atomic mass is 10.3. The lowest BCUT2D eigenvalue weighted by Crippen LogP contribution is -2.52. The van der Waals surface area contributed by atoms with Crippen molar-refractivity contribution < 1.29 is 4.52 Å². The Morgan fingerprint density at radius 2 is 2.00 bits per heavy atom. The molecule has 2 aromatic rings. The third-order valence-corrected chi connectivity index (χ3v) is 4.02. The van der Waals surface area contributed by atoms with Crippen LogP contribution in [0.1, 0.15) is 18.4 Å². The molecule has 0 aromatic carbocycles. The molecule has 2 aromatic heterocycles. The largest absolute Gasteiger partial charge is 0.359 e. The van der Waals surface area contributed by atoms with Gasteiger partial charge in [-0.3, -0.25) is 4.99 Å². The molecule has 8 nitrogen and oxygen atoms in total. The molecule has 1 fully saturated rings. The van der Waals surface area contributed by atoms with Gasteiger partial charge in [-0.1, -0.05) is 12.1 Å². The number of rotatable bonds is 4. The third kappa shape index (κ3) is 3.81. The number of hydrogen-bond donors (Lipinski definition) is 1. The molecule has 1 aliphatic rings. The van der Waals surface area contributed by atoms with E-state index in [1.165, 1.54) is 0 Å². The summed E-state index contributed by atoms with van der Waals surface area (Å²) < 4.78 is 5.30. The van der Waals surface area contributed by atoms with Crippen molar-refractivity contribution in [2.24, 2.45) is 4.99 Å². The zero-order valence-corrected chi connectivity index (χ0v) is 14.1. The number of nitrogens with one attached hydrogen (secondary N) is 1. The summed E-state index contributed by atoms with van der Waals surface area (Å²) in [6.45, 7) is 6.12. The van der Waals surface area contributed by atoms with Gasteiger partial charge in [0.1, 0.15) is 0 Å². The fourth-order valence-corrected chi connectivity index (χ4v) is 2.68. The molecular weight excluding hydrogens is 306 g/mol. The Hall–Kier alpha value is -2.64. The van der Waals surface area contributed by atoms with E-state index >= 15 is 0 Å². The summed E-state index contributed by atoms with van der Waals surface area (Å²) in [6, 6.07) is 3.81. The standard InChI is InChI=1S/C16H23N7O/c1-3-13-11-14(24-21-13)12-20-15(17-2)22-7-9-23(10-8-22)16-18-5-4-6-19-16/h4-6,11H,3,7-10,12H2,1-2H3,(H,17,20). The number of piperazine rings is 1. The predicted molar refractivity (Wildman–Crippen MR) is 91.9 cm³/mol. The van der Waals surface area contributed by atoms with Gasteiger partial charge in [0.25, 0.3) is 0 Å². The Bertz CT molecular complexity index is 662. The molecule has 0 unspecified atom stereocenters. The monoisotopic (exact) mass is 329 g/mol. The minimum absolute atomic E-state index is 0.585. The van der Waals surface area contributed by atoms with Crippen LogP contribution in [0.2, 0.25) is 0 Å². The highest BCUT2D eigenvalue weighted by atomic mass is 16.5. The van der Waals surface area contributed by atoms with Crippen LogP contribution in [0.4, 0.5) is 5.95 Å². The maximum atomic E-state index is 5.30. The van der Waals surface area contributed by atoms with Crippen LogP contribution >= 0.6 is 0 Å². The van der Waals surface area contributed by atoms with E-state index in [4.69, 9.17) is 4.52 Å². The molecule has 128 valence electrons. The van der Waals surface area contributed by atoms with Crippen LogP contribution in [-0.4, -0.2) is 59.2 Å². The van der Waals surface area contributed by atoms with Crippen molar-refractivity contribution in [2.45, 2.75) is 19.9 Å².